The van der Waals surface area contributed by atoms with E-state index in [1.54, 1.807) is 6.92 Å². The summed E-state index contributed by atoms with van der Waals surface area (Å²) >= 11 is 0. The molecule has 2 bridgehead atoms. The average Bonchev–Trinajstić information content (AvgIpc) is 3.58. The molecule has 0 aliphatic carbocycles. The first-order valence-corrected chi connectivity index (χ1v) is 11.5. The Kier molecular flexibility index (Phi) is 4.75. The summed E-state index contributed by atoms with van der Waals surface area (Å²) in [4.78, 5) is 29.7. The van der Waals surface area contributed by atoms with E-state index in [1.807, 2.05) is 17.0 Å². The van der Waals surface area contributed by atoms with Crippen LogP contribution in [-0.4, -0.2) is 83.9 Å². The third kappa shape index (κ3) is 3.33. The second-order valence-electron chi connectivity index (χ2n) is 9.55. The van der Waals surface area contributed by atoms with Gasteiger partial charge < -0.3 is 9.64 Å². The second kappa shape index (κ2) is 7.68. The van der Waals surface area contributed by atoms with Gasteiger partial charge in [0.05, 0.1) is 22.4 Å². The highest BCUT2D eigenvalue weighted by Crippen LogP contribution is 2.51. The molecule has 11 nitrogen and oxygen atoms in total. The number of fused-ring (bicyclic) bond motifs is 2. The predicted molar refractivity (Wildman–Crippen MR) is 114 cm³/mol. The second-order valence-corrected chi connectivity index (χ2v) is 9.55. The van der Waals surface area contributed by atoms with Gasteiger partial charge in [0.1, 0.15) is 12.9 Å². The zero-order valence-corrected chi connectivity index (χ0v) is 18.6. The SMILES string of the molecule is CC1=C(N2CCC3(C[C@@H]4CC[C@@H](C3)N4CCc3ccc(-n4cnnn4)nn3)C2=O)COC1=O. The molecule has 11 heteroatoms. The number of hydrogen-bond donors (Lipinski definition) is 0. The number of piperidine rings is 1. The summed E-state index contributed by atoms with van der Waals surface area (Å²) in [7, 11) is 0. The van der Waals surface area contributed by atoms with Crippen LogP contribution in [0.5, 0.6) is 0 Å². The van der Waals surface area contributed by atoms with E-state index in [1.165, 1.54) is 11.0 Å². The van der Waals surface area contributed by atoms with Crippen molar-refractivity contribution in [3.05, 3.63) is 35.4 Å². The maximum Gasteiger partial charge on any atom is 0.336 e. The van der Waals surface area contributed by atoms with Gasteiger partial charge in [0, 0.05) is 31.6 Å². The first kappa shape index (κ1) is 20.4. The molecule has 2 atom stereocenters. The van der Waals surface area contributed by atoms with Gasteiger partial charge in [-0.1, -0.05) is 0 Å². The van der Waals surface area contributed by atoms with Crippen LogP contribution >= 0.6 is 0 Å². The number of carbonyl (C=O) groups excluding carboxylic acids is 2. The molecule has 172 valence electrons. The number of amides is 1. The molecule has 0 unspecified atom stereocenters. The first-order chi connectivity index (χ1) is 16.0. The minimum atomic E-state index is -0.303. The van der Waals surface area contributed by atoms with Crippen LogP contribution in [0.25, 0.3) is 5.82 Å². The quantitative estimate of drug-likeness (QED) is 0.605. The number of hydrogen-bond acceptors (Lipinski definition) is 9. The van der Waals surface area contributed by atoms with Crippen molar-refractivity contribution in [1.82, 2.24) is 40.2 Å². The third-order valence-electron chi connectivity index (χ3n) is 7.86. The molecule has 2 aromatic rings. The van der Waals surface area contributed by atoms with Gasteiger partial charge in [-0.25, -0.2) is 4.79 Å². The molecule has 6 rings (SSSR count). The number of aromatic nitrogens is 6. The smallest absolute Gasteiger partial charge is 0.336 e. The van der Waals surface area contributed by atoms with Crippen molar-refractivity contribution in [3.8, 4) is 5.82 Å². The minimum absolute atomic E-state index is 0.191. The maximum absolute atomic E-state index is 13.5. The molecule has 6 heterocycles. The monoisotopic (exact) mass is 450 g/mol. The van der Waals surface area contributed by atoms with E-state index >= 15 is 0 Å². The normalized spacial score (nSPS) is 29.5. The summed E-state index contributed by atoms with van der Waals surface area (Å²) < 4.78 is 6.63. The van der Waals surface area contributed by atoms with Gasteiger partial charge in [0.15, 0.2) is 5.82 Å². The zero-order chi connectivity index (χ0) is 22.6. The van der Waals surface area contributed by atoms with Gasteiger partial charge in [-0.2, -0.15) is 9.78 Å². The lowest BCUT2D eigenvalue weighted by Crippen LogP contribution is -2.51. The van der Waals surface area contributed by atoms with E-state index in [4.69, 9.17) is 4.74 Å². The molecule has 0 aromatic carbocycles. The summed E-state index contributed by atoms with van der Waals surface area (Å²) in [5.74, 6) is 0.478. The third-order valence-corrected chi connectivity index (χ3v) is 7.86. The molecular weight excluding hydrogens is 424 g/mol. The Balaban J connectivity index is 1.11. The van der Waals surface area contributed by atoms with Crippen molar-refractivity contribution in [2.75, 3.05) is 19.7 Å². The fraction of sp³-hybridized carbons (Fsp3) is 0.591. The van der Waals surface area contributed by atoms with Crippen LogP contribution < -0.4 is 0 Å². The van der Waals surface area contributed by atoms with Crippen LogP contribution in [-0.2, 0) is 20.7 Å². The molecule has 4 aliphatic rings. The van der Waals surface area contributed by atoms with Crippen molar-refractivity contribution in [2.45, 2.75) is 57.5 Å². The molecule has 1 spiro atoms. The summed E-state index contributed by atoms with van der Waals surface area (Å²) in [6, 6.07) is 4.67. The topological polar surface area (TPSA) is 119 Å². The van der Waals surface area contributed by atoms with Crippen molar-refractivity contribution in [1.29, 1.82) is 0 Å². The molecular formula is C22H26N8O3. The summed E-state index contributed by atoms with van der Waals surface area (Å²) in [6.45, 7) is 3.58. The number of tetrazole rings is 1. The van der Waals surface area contributed by atoms with Gasteiger partial charge in [0.25, 0.3) is 0 Å². The Morgan fingerprint density at radius 3 is 2.61 bits per heavy atom. The largest absolute Gasteiger partial charge is 0.456 e. The van der Waals surface area contributed by atoms with Crippen LogP contribution in [0.4, 0.5) is 0 Å². The number of nitrogens with zero attached hydrogens (tertiary/aromatic N) is 8. The summed E-state index contributed by atoms with van der Waals surface area (Å²) in [5.41, 5.74) is 1.98. The highest BCUT2D eigenvalue weighted by Gasteiger charge is 2.56. The van der Waals surface area contributed by atoms with Crippen molar-refractivity contribution >= 4 is 11.9 Å². The molecule has 0 N–H and O–H groups in total. The highest BCUT2D eigenvalue weighted by atomic mass is 16.5. The van der Waals surface area contributed by atoms with Gasteiger partial charge in [-0.15, -0.1) is 10.2 Å². The summed E-state index contributed by atoms with van der Waals surface area (Å²) in [5, 5.41) is 19.6. The van der Waals surface area contributed by atoms with Gasteiger partial charge in [-0.05, 0) is 61.6 Å². The first-order valence-electron chi connectivity index (χ1n) is 11.5. The lowest BCUT2D eigenvalue weighted by Gasteiger charge is -2.43. The number of esters is 1. The fourth-order valence-electron chi connectivity index (χ4n) is 6.13. The van der Waals surface area contributed by atoms with E-state index in [2.05, 4.69) is 30.6 Å². The number of carbonyl (C=O) groups is 2. The Morgan fingerprint density at radius 2 is 1.97 bits per heavy atom. The van der Waals surface area contributed by atoms with Crippen molar-refractivity contribution in [3.63, 3.8) is 0 Å². The predicted octanol–water partition coefficient (Wildman–Crippen LogP) is 0.671. The minimum Gasteiger partial charge on any atom is -0.456 e. The fourth-order valence-corrected chi connectivity index (χ4v) is 6.13. The molecule has 3 fully saturated rings. The molecule has 2 aromatic heterocycles. The van der Waals surface area contributed by atoms with E-state index < -0.39 is 0 Å². The van der Waals surface area contributed by atoms with E-state index in [0.717, 1.165) is 56.5 Å². The van der Waals surface area contributed by atoms with Gasteiger partial charge >= 0.3 is 5.97 Å². The lowest BCUT2D eigenvalue weighted by atomic mass is 9.73. The molecule has 1 amide bonds. The van der Waals surface area contributed by atoms with Gasteiger partial charge in [-0.3, -0.25) is 9.69 Å². The van der Waals surface area contributed by atoms with E-state index in [9.17, 15) is 9.59 Å². The maximum atomic E-state index is 13.5. The lowest BCUT2D eigenvalue weighted by molar-refractivity contribution is -0.139. The van der Waals surface area contributed by atoms with Crippen molar-refractivity contribution < 1.29 is 14.3 Å². The Hall–Kier alpha value is -3.21. The Morgan fingerprint density at radius 1 is 1.15 bits per heavy atom. The number of cyclic esters (lactones) is 1. The summed E-state index contributed by atoms with van der Waals surface area (Å²) in [6.07, 6.45) is 7.22. The molecule has 3 saturated heterocycles. The van der Waals surface area contributed by atoms with Crippen LogP contribution in [0, 0.1) is 5.41 Å². The number of ether oxygens (including phenoxy) is 1. The van der Waals surface area contributed by atoms with Crippen LogP contribution in [0.15, 0.2) is 29.7 Å². The van der Waals surface area contributed by atoms with Crippen LogP contribution in [0.1, 0.15) is 44.7 Å². The standard InChI is InChI=1S/C22H26N8O3/c1-14-18(12-33-20(14)31)29-9-7-22(21(29)32)10-16-3-4-17(11-22)28(16)8-6-15-2-5-19(25-24-15)30-13-23-26-27-30/h2,5,13,16-17H,3-4,6-12H2,1H3/t16-,17-/m0/s1. The highest BCUT2D eigenvalue weighted by molar-refractivity contribution is 5.94. The Labute approximate surface area is 190 Å². The zero-order valence-electron chi connectivity index (χ0n) is 18.6. The molecule has 4 aliphatic heterocycles. The number of rotatable bonds is 5. The van der Waals surface area contributed by atoms with Crippen molar-refractivity contribution in [2.24, 2.45) is 5.41 Å². The molecule has 0 saturated carbocycles. The van der Waals surface area contributed by atoms with E-state index in [0.29, 0.717) is 30.0 Å². The van der Waals surface area contributed by atoms with Crippen LogP contribution in [0.3, 0.4) is 0 Å². The number of likely N-dealkylation sites (tertiary alicyclic amines) is 1. The molecule has 33 heavy (non-hydrogen) atoms. The van der Waals surface area contributed by atoms with Gasteiger partial charge in [0.2, 0.25) is 5.91 Å². The van der Waals surface area contributed by atoms with E-state index in [-0.39, 0.29) is 23.9 Å². The van der Waals surface area contributed by atoms with Crippen LogP contribution in [0.2, 0.25) is 0 Å². The average molecular weight is 451 g/mol. The molecule has 0 radical (unpaired) electrons. The Bertz CT molecular complexity index is 1100.